The molecule has 0 aliphatic carbocycles. The zero-order chi connectivity index (χ0) is 18.1. The van der Waals surface area contributed by atoms with Gasteiger partial charge in [-0.3, -0.25) is 14.9 Å². The largest absolute Gasteiger partial charge is 0.384 e. The van der Waals surface area contributed by atoms with Gasteiger partial charge in [0.2, 0.25) is 0 Å². The van der Waals surface area contributed by atoms with Crippen LogP contribution >= 0.6 is 0 Å². The molecule has 7 heteroatoms. The standard InChI is InChI=1S/C18H23N3O3S/c1-18(2,22)17-12-19-16(11-20-17)15-5-3-4-14(10-15)13-21-6-8-25(23,24)9-7-21/h3-5,10-12,22H,6-9,13H2,1-2H3. The van der Waals surface area contributed by atoms with Gasteiger partial charge < -0.3 is 5.11 Å². The first kappa shape index (κ1) is 18.0. The van der Waals surface area contributed by atoms with Crippen molar-refractivity contribution in [1.82, 2.24) is 14.9 Å². The van der Waals surface area contributed by atoms with Crippen molar-refractivity contribution in [1.29, 1.82) is 0 Å². The Morgan fingerprint density at radius 3 is 2.48 bits per heavy atom. The molecule has 0 bridgehead atoms. The van der Waals surface area contributed by atoms with Crippen LogP contribution < -0.4 is 0 Å². The molecule has 0 unspecified atom stereocenters. The number of hydrogen-bond acceptors (Lipinski definition) is 6. The smallest absolute Gasteiger partial charge is 0.152 e. The minimum atomic E-state index is -2.86. The summed E-state index contributed by atoms with van der Waals surface area (Å²) in [4.78, 5) is 10.9. The molecule has 0 atom stereocenters. The molecule has 6 nitrogen and oxygen atoms in total. The molecular weight excluding hydrogens is 338 g/mol. The van der Waals surface area contributed by atoms with Crippen LogP contribution in [0.4, 0.5) is 0 Å². The Morgan fingerprint density at radius 1 is 1.16 bits per heavy atom. The number of aliphatic hydroxyl groups is 1. The van der Waals surface area contributed by atoms with E-state index < -0.39 is 15.4 Å². The molecule has 1 aliphatic rings. The zero-order valence-corrected chi connectivity index (χ0v) is 15.3. The van der Waals surface area contributed by atoms with Gasteiger partial charge in [0.1, 0.15) is 5.60 Å². The van der Waals surface area contributed by atoms with Gasteiger partial charge in [0.25, 0.3) is 0 Å². The van der Waals surface area contributed by atoms with Crippen LogP contribution in [0.5, 0.6) is 0 Å². The quantitative estimate of drug-likeness (QED) is 0.891. The van der Waals surface area contributed by atoms with Crippen molar-refractivity contribution in [3.63, 3.8) is 0 Å². The van der Waals surface area contributed by atoms with Crippen LogP contribution in [0.15, 0.2) is 36.7 Å². The second-order valence-corrected chi connectivity index (χ2v) is 9.28. The minimum Gasteiger partial charge on any atom is -0.384 e. The zero-order valence-electron chi connectivity index (χ0n) is 14.5. The van der Waals surface area contributed by atoms with Gasteiger partial charge in [-0.2, -0.15) is 0 Å². The molecular formula is C18H23N3O3S. The average molecular weight is 361 g/mol. The van der Waals surface area contributed by atoms with E-state index in [9.17, 15) is 13.5 Å². The van der Waals surface area contributed by atoms with E-state index in [-0.39, 0.29) is 11.5 Å². The summed E-state index contributed by atoms with van der Waals surface area (Å²) in [7, 11) is -2.86. The van der Waals surface area contributed by atoms with Gasteiger partial charge in [-0.15, -0.1) is 0 Å². The number of sulfone groups is 1. The van der Waals surface area contributed by atoms with Crippen molar-refractivity contribution in [3.8, 4) is 11.3 Å². The summed E-state index contributed by atoms with van der Waals surface area (Å²) >= 11 is 0. The summed E-state index contributed by atoms with van der Waals surface area (Å²) in [5.74, 6) is 0.465. The fraction of sp³-hybridized carbons (Fsp3) is 0.444. The lowest BCUT2D eigenvalue weighted by atomic mass is 10.1. The highest BCUT2D eigenvalue weighted by Gasteiger charge is 2.21. The molecule has 0 amide bonds. The average Bonchev–Trinajstić information content (AvgIpc) is 2.56. The van der Waals surface area contributed by atoms with Crippen LogP contribution in [0.1, 0.15) is 25.1 Å². The predicted molar refractivity (Wildman–Crippen MR) is 96.6 cm³/mol. The number of aromatic nitrogens is 2. The van der Waals surface area contributed by atoms with Gasteiger partial charge in [0.05, 0.1) is 35.3 Å². The molecule has 1 aromatic heterocycles. The summed E-state index contributed by atoms with van der Waals surface area (Å²) in [6.45, 7) is 5.23. The fourth-order valence-electron chi connectivity index (χ4n) is 2.79. The summed E-state index contributed by atoms with van der Waals surface area (Å²) in [6.07, 6.45) is 3.26. The Bertz CT molecular complexity index is 829. The number of hydrogen-bond donors (Lipinski definition) is 1. The van der Waals surface area contributed by atoms with E-state index in [4.69, 9.17) is 0 Å². The van der Waals surface area contributed by atoms with Crippen molar-refractivity contribution < 1.29 is 13.5 Å². The van der Waals surface area contributed by atoms with Crippen LogP contribution in [0, 0.1) is 0 Å². The Kier molecular flexibility index (Phi) is 4.90. The Balaban J connectivity index is 1.73. The second kappa shape index (κ2) is 6.82. The van der Waals surface area contributed by atoms with E-state index in [1.54, 1.807) is 26.2 Å². The maximum atomic E-state index is 11.5. The Hall–Kier alpha value is -1.83. The molecule has 1 fully saturated rings. The predicted octanol–water partition coefficient (Wildman–Crippen LogP) is 1.60. The number of nitrogens with zero attached hydrogens (tertiary/aromatic N) is 3. The molecule has 0 radical (unpaired) electrons. The van der Waals surface area contributed by atoms with E-state index in [1.165, 1.54) is 0 Å². The second-order valence-electron chi connectivity index (χ2n) is 6.97. The van der Waals surface area contributed by atoms with Gasteiger partial charge in [-0.05, 0) is 25.5 Å². The first-order valence-corrected chi connectivity index (χ1v) is 10.1. The molecule has 25 heavy (non-hydrogen) atoms. The van der Waals surface area contributed by atoms with Crippen molar-refractivity contribution in [2.75, 3.05) is 24.6 Å². The highest BCUT2D eigenvalue weighted by Crippen LogP contribution is 2.22. The molecule has 3 rings (SSSR count). The third kappa shape index (κ3) is 4.62. The molecule has 1 N–H and O–H groups in total. The van der Waals surface area contributed by atoms with E-state index in [0.29, 0.717) is 18.8 Å². The molecule has 1 aliphatic heterocycles. The Labute approximate surface area is 148 Å². The van der Waals surface area contributed by atoms with Crippen molar-refractivity contribution in [2.24, 2.45) is 0 Å². The Morgan fingerprint density at radius 2 is 1.88 bits per heavy atom. The van der Waals surface area contributed by atoms with Gasteiger partial charge in [-0.1, -0.05) is 18.2 Å². The summed E-state index contributed by atoms with van der Waals surface area (Å²) in [5, 5.41) is 9.96. The maximum absolute atomic E-state index is 11.5. The number of benzene rings is 1. The van der Waals surface area contributed by atoms with Crippen LogP contribution in [0.2, 0.25) is 0 Å². The normalized spacial score (nSPS) is 18.2. The molecule has 2 heterocycles. The van der Waals surface area contributed by atoms with E-state index in [1.807, 2.05) is 18.2 Å². The third-order valence-electron chi connectivity index (χ3n) is 4.34. The molecule has 134 valence electrons. The summed E-state index contributed by atoms with van der Waals surface area (Å²) < 4.78 is 23.1. The molecule has 0 saturated carbocycles. The van der Waals surface area contributed by atoms with E-state index >= 15 is 0 Å². The van der Waals surface area contributed by atoms with Gasteiger partial charge in [0.15, 0.2) is 9.84 Å². The molecule has 2 aromatic rings. The van der Waals surface area contributed by atoms with Gasteiger partial charge in [0, 0.05) is 25.2 Å². The van der Waals surface area contributed by atoms with Gasteiger partial charge >= 0.3 is 0 Å². The number of rotatable bonds is 4. The summed E-state index contributed by atoms with van der Waals surface area (Å²) in [5.41, 5.74) is 2.34. The SMILES string of the molecule is CC(C)(O)c1cnc(-c2cccc(CN3CCS(=O)(=O)CC3)c2)cn1. The van der Waals surface area contributed by atoms with E-state index in [0.717, 1.165) is 23.4 Å². The van der Waals surface area contributed by atoms with Crippen LogP contribution in [-0.2, 0) is 22.0 Å². The fourth-order valence-corrected chi connectivity index (χ4v) is 4.07. The first-order valence-electron chi connectivity index (χ1n) is 8.30. The lowest BCUT2D eigenvalue weighted by molar-refractivity contribution is 0.0734. The van der Waals surface area contributed by atoms with Crippen molar-refractivity contribution >= 4 is 9.84 Å². The highest BCUT2D eigenvalue weighted by molar-refractivity contribution is 7.91. The van der Waals surface area contributed by atoms with Crippen LogP contribution in [0.25, 0.3) is 11.3 Å². The lowest BCUT2D eigenvalue weighted by Crippen LogP contribution is -2.39. The molecule has 0 spiro atoms. The molecule has 1 saturated heterocycles. The van der Waals surface area contributed by atoms with Gasteiger partial charge in [-0.25, -0.2) is 8.42 Å². The topological polar surface area (TPSA) is 83.4 Å². The maximum Gasteiger partial charge on any atom is 0.152 e. The van der Waals surface area contributed by atoms with Crippen LogP contribution in [0.3, 0.4) is 0 Å². The monoisotopic (exact) mass is 361 g/mol. The lowest BCUT2D eigenvalue weighted by Gasteiger charge is -2.26. The van der Waals surface area contributed by atoms with Crippen molar-refractivity contribution in [3.05, 3.63) is 47.9 Å². The van der Waals surface area contributed by atoms with Crippen LogP contribution in [-0.4, -0.2) is 53.0 Å². The van der Waals surface area contributed by atoms with E-state index in [2.05, 4.69) is 20.9 Å². The summed E-state index contributed by atoms with van der Waals surface area (Å²) in [6, 6.07) is 8.02. The highest BCUT2D eigenvalue weighted by atomic mass is 32.2. The first-order chi connectivity index (χ1) is 11.7. The third-order valence-corrected chi connectivity index (χ3v) is 5.95. The van der Waals surface area contributed by atoms with Crippen molar-refractivity contribution in [2.45, 2.75) is 26.0 Å². The molecule has 1 aromatic carbocycles. The minimum absolute atomic E-state index is 0.233.